The van der Waals surface area contributed by atoms with Gasteiger partial charge in [-0.25, -0.2) is 4.98 Å². The normalized spacial score (nSPS) is 10.7. The molecule has 0 aliphatic heterocycles. The molecule has 0 aliphatic rings. The molecule has 94 valence electrons. The standard InChI is InChI=1S/C15H11NOS2/c17-13-9-5-4-8-12-14(13)19-15(16-12)18-10-11-6-2-1-3-7-11/h1-9H,10H2. The Morgan fingerprint density at radius 1 is 1.00 bits per heavy atom. The van der Waals surface area contributed by atoms with Crippen molar-refractivity contribution in [3.05, 3.63) is 70.4 Å². The van der Waals surface area contributed by atoms with Crippen molar-refractivity contribution in [1.82, 2.24) is 4.98 Å². The SMILES string of the molecule is O=c1ccccc2nc(SCc3ccccc3)sc12. The number of thioether (sulfide) groups is 1. The van der Waals surface area contributed by atoms with E-state index in [0.717, 1.165) is 20.3 Å². The monoisotopic (exact) mass is 285 g/mol. The van der Waals surface area contributed by atoms with Crippen molar-refractivity contribution in [2.75, 3.05) is 0 Å². The van der Waals surface area contributed by atoms with Gasteiger partial charge in [0.1, 0.15) is 4.70 Å². The van der Waals surface area contributed by atoms with Gasteiger partial charge < -0.3 is 0 Å². The Bertz CT molecular complexity index is 753. The molecule has 0 saturated heterocycles. The highest BCUT2D eigenvalue weighted by Gasteiger charge is 2.06. The molecule has 0 bridgehead atoms. The number of aromatic nitrogens is 1. The van der Waals surface area contributed by atoms with E-state index in [1.807, 2.05) is 30.3 Å². The Morgan fingerprint density at radius 3 is 2.58 bits per heavy atom. The fraction of sp³-hybridized carbons (Fsp3) is 0.0667. The summed E-state index contributed by atoms with van der Waals surface area (Å²) in [6.45, 7) is 0. The van der Waals surface area contributed by atoms with E-state index in [4.69, 9.17) is 0 Å². The summed E-state index contributed by atoms with van der Waals surface area (Å²) in [4.78, 5) is 16.3. The minimum atomic E-state index is 0.0454. The van der Waals surface area contributed by atoms with Gasteiger partial charge in [-0.2, -0.15) is 0 Å². The van der Waals surface area contributed by atoms with E-state index in [1.54, 1.807) is 23.9 Å². The third kappa shape index (κ3) is 2.85. The number of rotatable bonds is 3. The van der Waals surface area contributed by atoms with Gasteiger partial charge in [0, 0.05) is 5.75 Å². The second-order valence-corrected chi connectivity index (χ2v) is 6.27. The molecule has 2 nitrogen and oxygen atoms in total. The Hall–Kier alpha value is -1.65. The Kier molecular flexibility index (Phi) is 3.62. The first-order valence-corrected chi connectivity index (χ1v) is 7.70. The summed E-state index contributed by atoms with van der Waals surface area (Å²) < 4.78 is 1.68. The maximum absolute atomic E-state index is 11.8. The second-order valence-electron chi connectivity index (χ2n) is 4.05. The van der Waals surface area contributed by atoms with Crippen molar-refractivity contribution in [2.45, 2.75) is 10.1 Å². The number of hydrogen-bond acceptors (Lipinski definition) is 4. The number of benzene rings is 1. The molecule has 4 heteroatoms. The Morgan fingerprint density at radius 2 is 1.74 bits per heavy atom. The largest absolute Gasteiger partial charge is 0.288 e. The molecule has 0 radical (unpaired) electrons. The van der Waals surface area contributed by atoms with Crippen LogP contribution in [0.5, 0.6) is 0 Å². The molecular weight excluding hydrogens is 274 g/mol. The van der Waals surface area contributed by atoms with E-state index in [1.165, 1.54) is 16.9 Å². The van der Waals surface area contributed by atoms with Crippen LogP contribution in [0.1, 0.15) is 5.56 Å². The number of fused-ring (bicyclic) bond motifs is 1. The predicted molar refractivity (Wildman–Crippen MR) is 81.9 cm³/mol. The van der Waals surface area contributed by atoms with Gasteiger partial charge in [0.05, 0.1) is 5.52 Å². The predicted octanol–water partition coefficient (Wildman–Crippen LogP) is 3.95. The van der Waals surface area contributed by atoms with Gasteiger partial charge in [0.2, 0.25) is 0 Å². The summed E-state index contributed by atoms with van der Waals surface area (Å²) in [5, 5.41) is 0. The van der Waals surface area contributed by atoms with Crippen molar-refractivity contribution in [2.24, 2.45) is 0 Å². The van der Waals surface area contributed by atoms with Crippen LogP contribution in [-0.4, -0.2) is 4.98 Å². The third-order valence-corrected chi connectivity index (χ3v) is 4.98. The van der Waals surface area contributed by atoms with E-state index < -0.39 is 0 Å². The minimum absolute atomic E-state index is 0.0454. The first-order valence-electron chi connectivity index (χ1n) is 5.89. The van der Waals surface area contributed by atoms with Crippen LogP contribution in [0.15, 0.2) is 63.7 Å². The summed E-state index contributed by atoms with van der Waals surface area (Å²) in [6, 6.07) is 17.4. The fourth-order valence-electron chi connectivity index (χ4n) is 1.75. The van der Waals surface area contributed by atoms with Crippen molar-refractivity contribution in [3.8, 4) is 0 Å². The second kappa shape index (κ2) is 5.55. The average molecular weight is 285 g/mol. The van der Waals surface area contributed by atoms with Crippen LogP contribution in [0.4, 0.5) is 0 Å². The minimum Gasteiger partial charge on any atom is -0.288 e. The van der Waals surface area contributed by atoms with E-state index in [2.05, 4.69) is 17.1 Å². The molecule has 0 unspecified atom stereocenters. The molecule has 0 N–H and O–H groups in total. The van der Waals surface area contributed by atoms with Crippen molar-refractivity contribution >= 4 is 33.3 Å². The first-order chi connectivity index (χ1) is 9.33. The summed E-state index contributed by atoms with van der Waals surface area (Å²) in [6.07, 6.45) is 0. The highest BCUT2D eigenvalue weighted by Crippen LogP contribution is 2.29. The molecule has 19 heavy (non-hydrogen) atoms. The number of thiazole rings is 1. The van der Waals surface area contributed by atoms with Gasteiger partial charge >= 0.3 is 0 Å². The molecule has 0 fully saturated rings. The van der Waals surface area contributed by atoms with Crippen LogP contribution in [0.25, 0.3) is 10.2 Å². The molecule has 3 rings (SSSR count). The van der Waals surface area contributed by atoms with Gasteiger partial charge in [-0.15, -0.1) is 11.3 Å². The highest BCUT2D eigenvalue weighted by atomic mass is 32.2. The summed E-state index contributed by atoms with van der Waals surface area (Å²) >= 11 is 3.15. The van der Waals surface area contributed by atoms with Crippen LogP contribution >= 0.6 is 23.1 Å². The van der Waals surface area contributed by atoms with Crippen LogP contribution in [0.3, 0.4) is 0 Å². The quantitative estimate of drug-likeness (QED) is 0.683. The molecule has 2 aromatic carbocycles. The number of nitrogens with zero attached hydrogens (tertiary/aromatic N) is 1. The summed E-state index contributed by atoms with van der Waals surface area (Å²) in [7, 11) is 0. The molecule has 0 aliphatic carbocycles. The Balaban J connectivity index is 1.87. The smallest absolute Gasteiger partial charge is 0.198 e. The van der Waals surface area contributed by atoms with Gasteiger partial charge in [-0.3, -0.25) is 4.79 Å². The highest BCUT2D eigenvalue weighted by molar-refractivity contribution is 8.00. The maximum atomic E-state index is 11.8. The molecule has 0 atom stereocenters. The first kappa shape index (κ1) is 12.4. The molecule has 0 saturated carbocycles. The van der Waals surface area contributed by atoms with Crippen molar-refractivity contribution < 1.29 is 0 Å². The van der Waals surface area contributed by atoms with Crippen LogP contribution in [0, 0.1) is 0 Å². The van der Waals surface area contributed by atoms with E-state index in [-0.39, 0.29) is 5.43 Å². The molecule has 1 heterocycles. The van der Waals surface area contributed by atoms with E-state index in [9.17, 15) is 4.79 Å². The van der Waals surface area contributed by atoms with Gasteiger partial charge in [-0.05, 0) is 17.7 Å². The van der Waals surface area contributed by atoms with Crippen molar-refractivity contribution in [1.29, 1.82) is 0 Å². The third-order valence-electron chi connectivity index (χ3n) is 2.68. The zero-order valence-electron chi connectivity index (χ0n) is 10.1. The lowest BCUT2D eigenvalue weighted by Crippen LogP contribution is -1.90. The van der Waals surface area contributed by atoms with Gasteiger partial charge in [0.25, 0.3) is 0 Å². The van der Waals surface area contributed by atoms with E-state index >= 15 is 0 Å². The summed E-state index contributed by atoms with van der Waals surface area (Å²) in [5.41, 5.74) is 2.10. The van der Waals surface area contributed by atoms with Crippen LogP contribution in [-0.2, 0) is 5.75 Å². The molecule has 0 spiro atoms. The lowest BCUT2D eigenvalue weighted by atomic mass is 10.2. The lowest BCUT2D eigenvalue weighted by Gasteiger charge is -1.97. The van der Waals surface area contributed by atoms with Crippen molar-refractivity contribution in [3.63, 3.8) is 0 Å². The summed E-state index contributed by atoms with van der Waals surface area (Å²) in [5.74, 6) is 0.876. The average Bonchev–Trinajstić information content (AvgIpc) is 2.78. The van der Waals surface area contributed by atoms with E-state index in [0.29, 0.717) is 0 Å². The molecule has 0 amide bonds. The zero-order chi connectivity index (χ0) is 13.1. The Labute approximate surface area is 119 Å². The molecule has 1 aromatic heterocycles. The molecular formula is C15H11NOS2. The van der Waals surface area contributed by atoms with Crippen LogP contribution in [0.2, 0.25) is 0 Å². The topological polar surface area (TPSA) is 30.0 Å². The van der Waals surface area contributed by atoms with Gasteiger partial charge in [0.15, 0.2) is 9.77 Å². The lowest BCUT2D eigenvalue weighted by molar-refractivity contribution is 1.29. The van der Waals surface area contributed by atoms with Gasteiger partial charge in [-0.1, -0.05) is 54.2 Å². The maximum Gasteiger partial charge on any atom is 0.198 e. The van der Waals surface area contributed by atoms with Crippen LogP contribution < -0.4 is 5.43 Å². The zero-order valence-corrected chi connectivity index (χ0v) is 11.7. The molecule has 3 aromatic rings. The number of hydrogen-bond donors (Lipinski definition) is 0. The fourth-order valence-corrected chi connectivity index (χ4v) is 3.76.